The lowest BCUT2D eigenvalue weighted by molar-refractivity contribution is 0.386. The number of benzene rings is 1. The molecule has 0 aliphatic heterocycles. The van der Waals surface area contributed by atoms with E-state index in [0.717, 1.165) is 23.0 Å². The summed E-state index contributed by atoms with van der Waals surface area (Å²) in [4.78, 5) is 4.25. The molecule has 0 aliphatic rings. The monoisotopic (exact) mass is 296 g/mol. The van der Waals surface area contributed by atoms with Gasteiger partial charge >= 0.3 is 0 Å². The molecule has 5 heteroatoms. The predicted octanol–water partition coefficient (Wildman–Crippen LogP) is 3.33. The molecule has 0 aliphatic carbocycles. The summed E-state index contributed by atoms with van der Waals surface area (Å²) in [6.07, 6.45) is 3.78. The van der Waals surface area contributed by atoms with Crippen molar-refractivity contribution >= 4 is 0 Å². The van der Waals surface area contributed by atoms with Crippen LogP contribution in [0.5, 0.6) is 0 Å². The van der Waals surface area contributed by atoms with Crippen LogP contribution in [0, 0.1) is 13.8 Å². The average Bonchev–Trinajstić information content (AvgIpc) is 3.13. The average molecular weight is 296 g/mol. The normalized spacial score (nSPS) is 12.5. The summed E-state index contributed by atoms with van der Waals surface area (Å²) >= 11 is 0. The fourth-order valence-corrected chi connectivity index (χ4v) is 2.45. The minimum atomic E-state index is 0.245. The Labute approximate surface area is 130 Å². The van der Waals surface area contributed by atoms with E-state index in [-0.39, 0.29) is 6.04 Å². The van der Waals surface area contributed by atoms with Crippen molar-refractivity contribution in [1.29, 1.82) is 0 Å². The third kappa shape index (κ3) is 3.09. The van der Waals surface area contributed by atoms with Gasteiger partial charge in [0.25, 0.3) is 0 Å². The van der Waals surface area contributed by atoms with Gasteiger partial charge in [-0.2, -0.15) is 0 Å². The van der Waals surface area contributed by atoms with Gasteiger partial charge in [0.2, 0.25) is 0 Å². The van der Waals surface area contributed by atoms with Crippen LogP contribution in [0.1, 0.15) is 35.8 Å². The Balaban J connectivity index is 1.66. The molecule has 0 bridgehead atoms. The third-order valence-electron chi connectivity index (χ3n) is 3.76. The first-order valence-electron chi connectivity index (χ1n) is 7.39. The van der Waals surface area contributed by atoms with E-state index in [9.17, 15) is 0 Å². The van der Waals surface area contributed by atoms with Crippen molar-refractivity contribution in [2.24, 2.45) is 0 Å². The molecule has 1 atom stereocenters. The second-order valence-electron chi connectivity index (χ2n) is 5.47. The molecule has 0 unspecified atom stereocenters. The summed E-state index contributed by atoms with van der Waals surface area (Å²) in [7, 11) is 0. The van der Waals surface area contributed by atoms with Crippen LogP contribution in [-0.2, 0) is 6.54 Å². The van der Waals surface area contributed by atoms with E-state index >= 15 is 0 Å². The van der Waals surface area contributed by atoms with Crippen molar-refractivity contribution in [3.8, 4) is 5.69 Å². The van der Waals surface area contributed by atoms with Gasteiger partial charge in [0.05, 0.1) is 5.69 Å². The van der Waals surface area contributed by atoms with Gasteiger partial charge in [-0.15, -0.1) is 0 Å². The number of imidazole rings is 1. The van der Waals surface area contributed by atoms with Crippen LogP contribution in [-0.4, -0.2) is 14.7 Å². The van der Waals surface area contributed by atoms with Crippen LogP contribution >= 0.6 is 0 Å². The summed E-state index contributed by atoms with van der Waals surface area (Å²) in [5.41, 5.74) is 3.29. The molecule has 22 heavy (non-hydrogen) atoms. The van der Waals surface area contributed by atoms with Crippen molar-refractivity contribution in [3.63, 3.8) is 0 Å². The van der Waals surface area contributed by atoms with Gasteiger partial charge in [-0.3, -0.25) is 0 Å². The Hall–Kier alpha value is -2.40. The fourth-order valence-electron chi connectivity index (χ4n) is 2.45. The van der Waals surface area contributed by atoms with E-state index in [4.69, 9.17) is 4.52 Å². The van der Waals surface area contributed by atoms with Gasteiger partial charge in [-0.1, -0.05) is 17.3 Å². The molecule has 3 rings (SSSR count). The highest BCUT2D eigenvalue weighted by molar-refractivity contribution is 5.36. The maximum Gasteiger partial charge on any atom is 0.133 e. The van der Waals surface area contributed by atoms with E-state index < -0.39 is 0 Å². The molecule has 0 saturated heterocycles. The molecule has 0 amide bonds. The Bertz CT molecular complexity index is 742. The third-order valence-corrected chi connectivity index (χ3v) is 3.76. The summed E-state index contributed by atoms with van der Waals surface area (Å²) < 4.78 is 7.14. The SMILES string of the molecule is Cc1cc(CN[C@H](C)c2ccc(-n3ccnc3C)cc2)no1. The van der Waals surface area contributed by atoms with Gasteiger partial charge in [0.1, 0.15) is 11.6 Å². The molecular formula is C17H20N4O. The Morgan fingerprint density at radius 1 is 1.23 bits per heavy atom. The lowest BCUT2D eigenvalue weighted by Gasteiger charge is -2.14. The number of hydrogen-bond acceptors (Lipinski definition) is 4. The fraction of sp³-hybridized carbons (Fsp3) is 0.294. The van der Waals surface area contributed by atoms with Crippen LogP contribution in [0.3, 0.4) is 0 Å². The van der Waals surface area contributed by atoms with E-state index in [1.165, 1.54) is 5.56 Å². The number of nitrogens with one attached hydrogen (secondary N) is 1. The number of aryl methyl sites for hydroxylation is 2. The predicted molar refractivity (Wildman–Crippen MR) is 84.8 cm³/mol. The highest BCUT2D eigenvalue weighted by Crippen LogP contribution is 2.17. The van der Waals surface area contributed by atoms with Gasteiger partial charge in [0, 0.05) is 36.7 Å². The molecule has 0 spiro atoms. The topological polar surface area (TPSA) is 55.9 Å². The second-order valence-corrected chi connectivity index (χ2v) is 5.47. The number of rotatable bonds is 5. The first-order valence-corrected chi connectivity index (χ1v) is 7.39. The van der Waals surface area contributed by atoms with Crippen molar-refractivity contribution < 1.29 is 4.52 Å². The summed E-state index contributed by atoms with van der Waals surface area (Å²) in [6, 6.07) is 10.7. The van der Waals surface area contributed by atoms with Crippen LogP contribution in [0.4, 0.5) is 0 Å². The van der Waals surface area contributed by atoms with Gasteiger partial charge < -0.3 is 14.4 Å². The maximum atomic E-state index is 5.07. The zero-order chi connectivity index (χ0) is 15.5. The molecule has 2 heterocycles. The van der Waals surface area contributed by atoms with Crippen LogP contribution in [0.25, 0.3) is 5.69 Å². The molecule has 0 radical (unpaired) electrons. The first-order chi connectivity index (χ1) is 10.6. The maximum absolute atomic E-state index is 5.07. The summed E-state index contributed by atoms with van der Waals surface area (Å²) in [5.74, 6) is 1.82. The van der Waals surface area contributed by atoms with Crippen molar-refractivity contribution in [1.82, 2.24) is 20.0 Å². The summed E-state index contributed by atoms with van der Waals surface area (Å²) in [5, 5.41) is 7.44. The van der Waals surface area contributed by atoms with Crippen molar-refractivity contribution in [3.05, 3.63) is 65.6 Å². The van der Waals surface area contributed by atoms with Gasteiger partial charge in [-0.05, 0) is 38.5 Å². The first kappa shape index (κ1) is 14.5. The lowest BCUT2D eigenvalue weighted by atomic mass is 10.1. The number of aromatic nitrogens is 3. The molecule has 2 aromatic heterocycles. The largest absolute Gasteiger partial charge is 0.361 e. The van der Waals surface area contributed by atoms with E-state index in [1.54, 1.807) is 0 Å². The lowest BCUT2D eigenvalue weighted by Crippen LogP contribution is -2.18. The van der Waals surface area contributed by atoms with Gasteiger partial charge in [-0.25, -0.2) is 4.98 Å². The minimum Gasteiger partial charge on any atom is -0.361 e. The highest BCUT2D eigenvalue weighted by Gasteiger charge is 2.08. The highest BCUT2D eigenvalue weighted by atomic mass is 16.5. The molecular weight excluding hydrogens is 276 g/mol. The molecule has 1 N–H and O–H groups in total. The minimum absolute atomic E-state index is 0.245. The van der Waals surface area contributed by atoms with Crippen LogP contribution < -0.4 is 5.32 Å². The zero-order valence-corrected chi connectivity index (χ0v) is 13.1. The Kier molecular flexibility index (Phi) is 4.06. The standard InChI is InChI=1S/C17H20N4O/c1-12-10-16(20-22-12)11-19-13(2)15-4-6-17(7-5-15)21-9-8-18-14(21)3/h4-10,13,19H,11H2,1-3H3/t13-/m1/s1. The van der Waals surface area contributed by atoms with Gasteiger partial charge in [0.15, 0.2) is 0 Å². The van der Waals surface area contributed by atoms with Crippen LogP contribution in [0.15, 0.2) is 47.2 Å². The molecule has 0 saturated carbocycles. The van der Waals surface area contributed by atoms with Crippen LogP contribution in [0.2, 0.25) is 0 Å². The molecule has 1 aromatic carbocycles. The molecule has 5 nitrogen and oxygen atoms in total. The number of nitrogens with zero attached hydrogens (tertiary/aromatic N) is 3. The number of hydrogen-bond donors (Lipinski definition) is 1. The van der Waals surface area contributed by atoms with E-state index in [1.807, 2.05) is 32.3 Å². The molecule has 0 fully saturated rings. The quantitative estimate of drug-likeness (QED) is 0.784. The van der Waals surface area contributed by atoms with E-state index in [2.05, 4.69) is 51.2 Å². The molecule has 114 valence electrons. The Morgan fingerprint density at radius 3 is 2.59 bits per heavy atom. The zero-order valence-electron chi connectivity index (χ0n) is 13.1. The smallest absolute Gasteiger partial charge is 0.133 e. The molecule has 3 aromatic rings. The Morgan fingerprint density at radius 2 is 2.00 bits per heavy atom. The van der Waals surface area contributed by atoms with Crippen molar-refractivity contribution in [2.45, 2.75) is 33.4 Å². The van der Waals surface area contributed by atoms with E-state index in [0.29, 0.717) is 6.54 Å². The summed E-state index contributed by atoms with van der Waals surface area (Å²) in [6.45, 7) is 6.74. The second kappa shape index (κ2) is 6.15. The van der Waals surface area contributed by atoms with Crippen molar-refractivity contribution in [2.75, 3.05) is 0 Å².